The van der Waals surface area contributed by atoms with Crippen LogP contribution in [-0.2, 0) is 9.59 Å². The highest BCUT2D eigenvalue weighted by Gasteiger charge is 2.34. The molecular formula is C8H13N2O2P. The van der Waals surface area contributed by atoms with Crippen molar-refractivity contribution in [2.75, 3.05) is 6.54 Å². The summed E-state index contributed by atoms with van der Waals surface area (Å²) in [5, 5.41) is 0. The molecule has 0 aliphatic carbocycles. The first-order valence-electron chi connectivity index (χ1n) is 4.05. The van der Waals surface area contributed by atoms with E-state index in [0.717, 1.165) is 0 Å². The fraction of sp³-hybridized carbons (Fsp3) is 0.500. The summed E-state index contributed by atoms with van der Waals surface area (Å²) in [4.78, 5) is 23.8. The van der Waals surface area contributed by atoms with Crippen LogP contribution in [0.4, 0.5) is 0 Å². The molecule has 0 bridgehead atoms. The Kier molecular flexibility index (Phi) is 3.04. The van der Waals surface area contributed by atoms with Crippen LogP contribution < -0.4 is 5.73 Å². The highest BCUT2D eigenvalue weighted by atomic mass is 31.0. The number of imide groups is 1. The fourth-order valence-corrected chi connectivity index (χ4v) is 1.58. The van der Waals surface area contributed by atoms with Crippen LogP contribution in [0.25, 0.3) is 0 Å². The zero-order chi connectivity index (χ0) is 10.0. The van der Waals surface area contributed by atoms with Gasteiger partial charge in [-0.3, -0.25) is 14.5 Å². The lowest BCUT2D eigenvalue weighted by molar-refractivity contribution is -0.138. The van der Waals surface area contributed by atoms with E-state index in [2.05, 4.69) is 15.8 Å². The van der Waals surface area contributed by atoms with E-state index in [9.17, 15) is 9.59 Å². The average Bonchev–Trinajstić information content (AvgIpc) is 2.24. The molecule has 1 aliphatic rings. The van der Waals surface area contributed by atoms with Crippen molar-refractivity contribution >= 4 is 21.1 Å². The smallest absolute Gasteiger partial charge is 0.236 e. The number of likely N-dealkylation sites (tertiary alicyclic amines) is 1. The van der Waals surface area contributed by atoms with Crippen LogP contribution in [0.15, 0.2) is 12.3 Å². The second-order valence-electron chi connectivity index (χ2n) is 3.10. The van der Waals surface area contributed by atoms with E-state index >= 15 is 0 Å². The number of carbonyl (C=O) groups excluding carboxylic acids is 2. The molecule has 0 aromatic carbocycles. The maximum atomic E-state index is 11.3. The summed E-state index contributed by atoms with van der Waals surface area (Å²) in [6.07, 6.45) is 0.773. The predicted molar refractivity (Wildman–Crippen MR) is 52.8 cm³/mol. The summed E-state index contributed by atoms with van der Waals surface area (Å²) in [5.41, 5.74) is 5.59. The molecule has 4 nitrogen and oxygen atoms in total. The van der Waals surface area contributed by atoms with Gasteiger partial charge >= 0.3 is 0 Å². The lowest BCUT2D eigenvalue weighted by Crippen LogP contribution is -2.32. The molecule has 1 fully saturated rings. The molecule has 0 radical (unpaired) electrons. The molecule has 0 aromatic rings. The molecule has 1 rings (SSSR count). The Hall–Kier alpha value is -0.890. The Labute approximate surface area is 79.4 Å². The van der Waals surface area contributed by atoms with Gasteiger partial charge in [0, 0.05) is 25.1 Å². The van der Waals surface area contributed by atoms with E-state index < -0.39 is 0 Å². The van der Waals surface area contributed by atoms with Crippen LogP contribution >= 0.6 is 9.24 Å². The lowest BCUT2D eigenvalue weighted by atomic mass is 10.3. The molecule has 2 N–H and O–H groups in total. The number of hydrogen-bond donors (Lipinski definition) is 1. The zero-order valence-corrected chi connectivity index (χ0v) is 8.48. The van der Waals surface area contributed by atoms with Crippen LogP contribution in [0.5, 0.6) is 0 Å². The fourth-order valence-electron chi connectivity index (χ4n) is 1.20. The quantitative estimate of drug-likeness (QED) is 0.509. The van der Waals surface area contributed by atoms with E-state index in [1.807, 2.05) is 0 Å². The van der Waals surface area contributed by atoms with Crippen molar-refractivity contribution < 1.29 is 9.59 Å². The molecule has 1 heterocycles. The molecule has 2 unspecified atom stereocenters. The standard InChI is InChI=1S/C8H13N2O2P/c1-5(9)2-3-10-7(11)4-6(13)8(10)12/h6H,1-4,9,13H2. The first-order valence-corrected chi connectivity index (χ1v) is 4.72. The van der Waals surface area contributed by atoms with Gasteiger partial charge in [-0.05, 0) is 0 Å². The molecule has 0 aromatic heterocycles. The average molecular weight is 200 g/mol. The van der Waals surface area contributed by atoms with Gasteiger partial charge < -0.3 is 5.73 Å². The first kappa shape index (κ1) is 10.2. The number of nitrogens with zero attached hydrogens (tertiary/aromatic N) is 1. The molecule has 2 atom stereocenters. The highest BCUT2D eigenvalue weighted by molar-refractivity contribution is 7.19. The van der Waals surface area contributed by atoms with E-state index in [-0.39, 0.29) is 17.5 Å². The van der Waals surface area contributed by atoms with Gasteiger partial charge in [0.2, 0.25) is 11.8 Å². The maximum absolute atomic E-state index is 11.3. The molecule has 5 heteroatoms. The summed E-state index contributed by atoms with van der Waals surface area (Å²) in [6, 6.07) is 0. The largest absolute Gasteiger partial charge is 0.402 e. The van der Waals surface area contributed by atoms with Crippen molar-refractivity contribution in [3.63, 3.8) is 0 Å². The molecular weight excluding hydrogens is 187 g/mol. The van der Waals surface area contributed by atoms with Crippen molar-refractivity contribution in [1.29, 1.82) is 0 Å². The monoisotopic (exact) mass is 200 g/mol. The van der Waals surface area contributed by atoms with Crippen LogP contribution in [-0.4, -0.2) is 28.9 Å². The summed E-state index contributed by atoms with van der Waals surface area (Å²) in [6.45, 7) is 3.87. The maximum Gasteiger partial charge on any atom is 0.236 e. The van der Waals surface area contributed by atoms with E-state index in [1.165, 1.54) is 4.90 Å². The van der Waals surface area contributed by atoms with Gasteiger partial charge in [-0.2, -0.15) is 0 Å². The van der Waals surface area contributed by atoms with E-state index in [4.69, 9.17) is 5.73 Å². The normalized spacial score (nSPS) is 22.5. The Morgan fingerprint density at radius 1 is 1.69 bits per heavy atom. The van der Waals surface area contributed by atoms with Crippen LogP contribution in [0, 0.1) is 0 Å². The number of rotatable bonds is 3. The number of amides is 2. The number of hydrogen-bond acceptors (Lipinski definition) is 3. The van der Waals surface area contributed by atoms with Gasteiger partial charge in [0.05, 0.1) is 5.66 Å². The van der Waals surface area contributed by atoms with Crippen molar-refractivity contribution in [2.45, 2.75) is 18.5 Å². The van der Waals surface area contributed by atoms with E-state index in [1.54, 1.807) is 0 Å². The van der Waals surface area contributed by atoms with Gasteiger partial charge in [0.15, 0.2) is 0 Å². The number of carbonyl (C=O) groups is 2. The number of nitrogens with two attached hydrogens (primary N) is 1. The Morgan fingerprint density at radius 3 is 2.69 bits per heavy atom. The Balaban J connectivity index is 2.54. The minimum Gasteiger partial charge on any atom is -0.402 e. The topological polar surface area (TPSA) is 63.4 Å². The van der Waals surface area contributed by atoms with Gasteiger partial charge in [-0.25, -0.2) is 0 Å². The second kappa shape index (κ2) is 3.88. The summed E-state index contributed by atoms with van der Waals surface area (Å²) in [7, 11) is 2.37. The van der Waals surface area contributed by atoms with Gasteiger partial charge in [0.25, 0.3) is 0 Å². The van der Waals surface area contributed by atoms with Crippen molar-refractivity contribution in [2.24, 2.45) is 5.73 Å². The van der Waals surface area contributed by atoms with Crippen molar-refractivity contribution in [1.82, 2.24) is 4.90 Å². The first-order chi connectivity index (χ1) is 6.02. The van der Waals surface area contributed by atoms with Crippen LogP contribution in [0.1, 0.15) is 12.8 Å². The molecule has 1 saturated heterocycles. The van der Waals surface area contributed by atoms with Crippen molar-refractivity contribution in [3.05, 3.63) is 12.3 Å². The van der Waals surface area contributed by atoms with Gasteiger partial charge in [0.1, 0.15) is 0 Å². The molecule has 1 aliphatic heterocycles. The minimum absolute atomic E-state index is 0.119. The van der Waals surface area contributed by atoms with Crippen LogP contribution in [0.2, 0.25) is 0 Å². The minimum atomic E-state index is -0.251. The summed E-state index contributed by atoms with van der Waals surface area (Å²) < 4.78 is 0. The molecule has 2 amide bonds. The SMILES string of the molecule is C=C(N)CCN1C(=O)CC(P)C1=O. The van der Waals surface area contributed by atoms with Crippen LogP contribution in [0.3, 0.4) is 0 Å². The third-order valence-electron chi connectivity index (χ3n) is 1.94. The second-order valence-corrected chi connectivity index (χ2v) is 3.91. The summed E-state index contributed by atoms with van der Waals surface area (Å²) in [5.74, 6) is -0.248. The van der Waals surface area contributed by atoms with Crippen molar-refractivity contribution in [3.8, 4) is 0 Å². The molecule has 0 saturated carbocycles. The molecule has 72 valence electrons. The molecule has 0 spiro atoms. The molecule has 13 heavy (non-hydrogen) atoms. The van der Waals surface area contributed by atoms with E-state index in [0.29, 0.717) is 25.1 Å². The lowest BCUT2D eigenvalue weighted by Gasteiger charge is -2.13. The third-order valence-corrected chi connectivity index (χ3v) is 2.46. The Morgan fingerprint density at radius 2 is 2.31 bits per heavy atom. The highest BCUT2D eigenvalue weighted by Crippen LogP contribution is 2.20. The third kappa shape index (κ3) is 2.28. The van der Waals surface area contributed by atoms with Gasteiger partial charge in [-0.15, -0.1) is 9.24 Å². The summed E-state index contributed by atoms with van der Waals surface area (Å²) >= 11 is 0. The zero-order valence-electron chi connectivity index (χ0n) is 7.32. The van der Waals surface area contributed by atoms with Gasteiger partial charge in [-0.1, -0.05) is 6.58 Å². The predicted octanol–water partition coefficient (Wildman–Crippen LogP) is -0.149. The Bertz CT molecular complexity index is 265.